The van der Waals surface area contributed by atoms with Crippen molar-refractivity contribution in [2.75, 3.05) is 5.32 Å². The van der Waals surface area contributed by atoms with E-state index in [1.165, 1.54) is 0 Å². The Kier molecular flexibility index (Phi) is 3.75. The van der Waals surface area contributed by atoms with Gasteiger partial charge >= 0.3 is 6.03 Å². The first-order valence-electron chi connectivity index (χ1n) is 6.44. The van der Waals surface area contributed by atoms with E-state index < -0.39 is 0 Å². The number of urea groups is 1. The van der Waals surface area contributed by atoms with E-state index in [4.69, 9.17) is 11.6 Å². The number of fused-ring (bicyclic) bond motifs is 1. The van der Waals surface area contributed by atoms with E-state index in [9.17, 15) is 4.79 Å². The largest absolute Gasteiger partial charge is 0.331 e. The second kappa shape index (κ2) is 5.85. The highest BCUT2D eigenvalue weighted by Crippen LogP contribution is 2.13. The van der Waals surface area contributed by atoms with Crippen LogP contribution in [0.1, 0.15) is 5.82 Å². The van der Waals surface area contributed by atoms with E-state index in [1.54, 1.807) is 30.5 Å². The van der Waals surface area contributed by atoms with E-state index in [1.807, 2.05) is 28.8 Å². The zero-order valence-electron chi connectivity index (χ0n) is 11.1. The van der Waals surface area contributed by atoms with Crippen molar-refractivity contribution in [3.63, 3.8) is 0 Å². The Morgan fingerprint density at radius 2 is 2.00 bits per heavy atom. The molecular weight excluding hydrogens is 288 g/mol. The topological polar surface area (TPSA) is 58.4 Å². The average Bonchev–Trinajstić information content (AvgIpc) is 2.91. The van der Waals surface area contributed by atoms with Crippen LogP contribution >= 0.6 is 11.6 Å². The summed E-state index contributed by atoms with van der Waals surface area (Å²) in [6.07, 6.45) is 3.69. The Labute approximate surface area is 126 Å². The van der Waals surface area contributed by atoms with Gasteiger partial charge in [0.1, 0.15) is 5.82 Å². The van der Waals surface area contributed by atoms with Crippen LogP contribution in [0.4, 0.5) is 10.5 Å². The van der Waals surface area contributed by atoms with Crippen LogP contribution in [-0.2, 0) is 6.54 Å². The van der Waals surface area contributed by atoms with Crippen LogP contribution in [-0.4, -0.2) is 15.4 Å². The molecule has 0 bridgehead atoms. The van der Waals surface area contributed by atoms with Gasteiger partial charge in [0.2, 0.25) is 0 Å². The molecule has 106 valence electrons. The number of nitrogens with one attached hydrogen (secondary N) is 2. The molecule has 0 atom stereocenters. The molecule has 0 aliphatic heterocycles. The summed E-state index contributed by atoms with van der Waals surface area (Å²) >= 11 is 5.79. The highest BCUT2D eigenvalue weighted by Gasteiger charge is 2.05. The van der Waals surface area contributed by atoms with Crippen molar-refractivity contribution in [1.29, 1.82) is 0 Å². The number of anilines is 1. The van der Waals surface area contributed by atoms with E-state index in [2.05, 4.69) is 15.6 Å². The Morgan fingerprint density at radius 1 is 1.19 bits per heavy atom. The van der Waals surface area contributed by atoms with Crippen molar-refractivity contribution < 1.29 is 4.79 Å². The molecule has 2 heterocycles. The van der Waals surface area contributed by atoms with Crippen LogP contribution in [0.15, 0.2) is 54.9 Å². The number of rotatable bonds is 3. The molecule has 0 saturated carbocycles. The van der Waals surface area contributed by atoms with Gasteiger partial charge in [0.15, 0.2) is 0 Å². The fourth-order valence-electron chi connectivity index (χ4n) is 2.00. The lowest BCUT2D eigenvalue weighted by molar-refractivity contribution is 0.251. The standard InChI is InChI=1S/C15H13ClN4O/c16-11-4-6-12(7-5-11)19-15(21)18-10-14-17-9-13-3-1-2-8-20(13)14/h1-9H,10H2,(H2,18,19,21). The fraction of sp³-hybridized carbons (Fsp3) is 0.0667. The molecule has 6 heteroatoms. The molecule has 2 aromatic heterocycles. The minimum absolute atomic E-state index is 0.287. The number of nitrogens with zero attached hydrogens (tertiary/aromatic N) is 2. The van der Waals surface area contributed by atoms with Crippen LogP contribution in [0.3, 0.4) is 0 Å². The van der Waals surface area contributed by atoms with Gasteiger partial charge in [-0.3, -0.25) is 0 Å². The minimum Gasteiger partial charge on any atom is -0.331 e. The zero-order valence-corrected chi connectivity index (χ0v) is 11.8. The molecule has 0 aliphatic carbocycles. The van der Waals surface area contributed by atoms with Gasteiger partial charge in [0.25, 0.3) is 0 Å². The van der Waals surface area contributed by atoms with Crippen LogP contribution in [0.25, 0.3) is 5.52 Å². The molecule has 21 heavy (non-hydrogen) atoms. The SMILES string of the molecule is O=C(NCc1ncc2ccccn12)Nc1ccc(Cl)cc1. The quantitative estimate of drug-likeness (QED) is 0.779. The minimum atomic E-state index is -0.287. The number of aromatic nitrogens is 2. The van der Waals surface area contributed by atoms with Gasteiger partial charge in [-0.05, 0) is 36.4 Å². The predicted octanol–water partition coefficient (Wildman–Crippen LogP) is 3.31. The molecule has 0 aliphatic rings. The van der Waals surface area contributed by atoms with Gasteiger partial charge < -0.3 is 15.0 Å². The van der Waals surface area contributed by atoms with Gasteiger partial charge in [-0.1, -0.05) is 17.7 Å². The summed E-state index contributed by atoms with van der Waals surface area (Å²) in [6.45, 7) is 0.345. The van der Waals surface area contributed by atoms with Crippen molar-refractivity contribution in [1.82, 2.24) is 14.7 Å². The van der Waals surface area contributed by atoms with Crippen molar-refractivity contribution >= 4 is 28.8 Å². The summed E-state index contributed by atoms with van der Waals surface area (Å²) in [6, 6.07) is 12.5. The summed E-state index contributed by atoms with van der Waals surface area (Å²) in [4.78, 5) is 16.1. The molecule has 3 aromatic rings. The number of imidazole rings is 1. The van der Waals surface area contributed by atoms with Crippen LogP contribution < -0.4 is 10.6 Å². The molecule has 0 radical (unpaired) electrons. The summed E-state index contributed by atoms with van der Waals surface area (Å²) in [5.74, 6) is 0.775. The third-order valence-electron chi connectivity index (χ3n) is 3.02. The summed E-state index contributed by atoms with van der Waals surface area (Å²) in [5, 5.41) is 6.14. The number of carbonyl (C=O) groups is 1. The maximum Gasteiger partial charge on any atom is 0.319 e. The molecule has 0 saturated heterocycles. The number of amides is 2. The predicted molar refractivity (Wildman–Crippen MR) is 82.5 cm³/mol. The number of hydrogen-bond acceptors (Lipinski definition) is 2. The van der Waals surface area contributed by atoms with Gasteiger partial charge in [0.05, 0.1) is 18.3 Å². The first-order chi connectivity index (χ1) is 10.2. The highest BCUT2D eigenvalue weighted by atomic mass is 35.5. The zero-order chi connectivity index (χ0) is 14.7. The number of carbonyl (C=O) groups excluding carboxylic acids is 1. The second-order valence-electron chi connectivity index (χ2n) is 4.48. The number of hydrogen-bond donors (Lipinski definition) is 2. The number of halogens is 1. The van der Waals surface area contributed by atoms with E-state index in [0.717, 1.165) is 11.3 Å². The molecular formula is C15H13ClN4O. The monoisotopic (exact) mass is 300 g/mol. The van der Waals surface area contributed by atoms with Crippen molar-refractivity contribution in [2.24, 2.45) is 0 Å². The first kappa shape index (κ1) is 13.5. The molecule has 1 aromatic carbocycles. The molecule has 5 nitrogen and oxygen atoms in total. The molecule has 0 unspecified atom stereocenters. The number of pyridine rings is 1. The third kappa shape index (κ3) is 3.14. The maximum absolute atomic E-state index is 11.8. The van der Waals surface area contributed by atoms with Crippen LogP contribution in [0, 0.1) is 0 Å². The third-order valence-corrected chi connectivity index (χ3v) is 3.28. The maximum atomic E-state index is 11.8. The smallest absolute Gasteiger partial charge is 0.319 e. The lowest BCUT2D eigenvalue weighted by Gasteiger charge is -2.07. The van der Waals surface area contributed by atoms with Crippen LogP contribution in [0.5, 0.6) is 0 Å². The van der Waals surface area contributed by atoms with Crippen molar-refractivity contribution in [3.8, 4) is 0 Å². The average molecular weight is 301 g/mol. The molecule has 0 spiro atoms. The molecule has 2 amide bonds. The fourth-order valence-corrected chi connectivity index (χ4v) is 2.12. The molecule has 2 N–H and O–H groups in total. The summed E-state index contributed by atoms with van der Waals surface area (Å²) in [5.41, 5.74) is 1.68. The second-order valence-corrected chi connectivity index (χ2v) is 4.92. The molecule has 3 rings (SSSR count). The summed E-state index contributed by atoms with van der Waals surface area (Å²) < 4.78 is 1.93. The highest BCUT2D eigenvalue weighted by molar-refractivity contribution is 6.30. The first-order valence-corrected chi connectivity index (χ1v) is 6.81. The van der Waals surface area contributed by atoms with Gasteiger partial charge in [-0.15, -0.1) is 0 Å². The van der Waals surface area contributed by atoms with Crippen molar-refractivity contribution in [2.45, 2.75) is 6.54 Å². The van der Waals surface area contributed by atoms with E-state index in [-0.39, 0.29) is 6.03 Å². The van der Waals surface area contributed by atoms with Gasteiger partial charge in [-0.25, -0.2) is 9.78 Å². The van der Waals surface area contributed by atoms with Gasteiger partial charge in [-0.2, -0.15) is 0 Å². The Bertz CT molecular complexity index is 767. The molecule has 0 fully saturated rings. The van der Waals surface area contributed by atoms with Crippen molar-refractivity contribution in [3.05, 3.63) is 65.7 Å². The number of benzene rings is 1. The van der Waals surface area contributed by atoms with Crippen LogP contribution in [0.2, 0.25) is 5.02 Å². The lowest BCUT2D eigenvalue weighted by atomic mass is 10.3. The lowest BCUT2D eigenvalue weighted by Crippen LogP contribution is -2.28. The normalized spacial score (nSPS) is 10.5. The van der Waals surface area contributed by atoms with E-state index in [0.29, 0.717) is 17.3 Å². The Hall–Kier alpha value is -2.53. The van der Waals surface area contributed by atoms with Gasteiger partial charge in [0, 0.05) is 16.9 Å². The Balaban J connectivity index is 1.62. The van der Waals surface area contributed by atoms with E-state index >= 15 is 0 Å². The Morgan fingerprint density at radius 3 is 2.81 bits per heavy atom. The summed E-state index contributed by atoms with van der Waals surface area (Å²) in [7, 11) is 0.